The number of urea groups is 1. The minimum Gasteiger partial charge on any atom is -0.453 e. The second kappa shape index (κ2) is 15.0. The monoisotopic (exact) mass is 484 g/mol. The predicted molar refractivity (Wildman–Crippen MR) is 127 cm³/mol. The first kappa shape index (κ1) is 27.2. The quantitative estimate of drug-likeness (QED) is 0.393. The lowest BCUT2D eigenvalue weighted by molar-refractivity contribution is 0.0438. The van der Waals surface area contributed by atoms with Crippen LogP contribution in [0.3, 0.4) is 0 Å². The van der Waals surface area contributed by atoms with Crippen molar-refractivity contribution in [3.8, 4) is 0 Å². The zero-order chi connectivity index (χ0) is 24.1. The number of halogens is 1. The fraction of sp³-hybridized carbons (Fsp3) is 0.652. The van der Waals surface area contributed by atoms with Crippen LogP contribution in [0.15, 0.2) is 24.3 Å². The highest BCUT2D eigenvalue weighted by atomic mass is 35.5. The van der Waals surface area contributed by atoms with Gasteiger partial charge in [0.15, 0.2) is 0 Å². The number of hydrogen-bond donors (Lipinski definition) is 3. The molecule has 186 valence electrons. The number of amides is 3. The lowest BCUT2D eigenvalue weighted by atomic mass is 9.95. The highest BCUT2D eigenvalue weighted by molar-refractivity contribution is 6.30. The number of methoxy groups -OCH3 is 1. The van der Waals surface area contributed by atoms with Crippen LogP contribution >= 0.6 is 11.6 Å². The van der Waals surface area contributed by atoms with Gasteiger partial charge in [0.25, 0.3) is 0 Å². The molecule has 1 saturated heterocycles. The van der Waals surface area contributed by atoms with Gasteiger partial charge in [-0.25, -0.2) is 9.59 Å². The number of benzene rings is 1. The molecule has 9 nitrogen and oxygen atoms in total. The molecule has 0 radical (unpaired) electrons. The number of rotatable bonds is 12. The third-order valence-corrected chi connectivity index (χ3v) is 5.81. The standard InChI is InChI=1S/C23H37ClN4O5/c1-28(22(29)27-15-20(25)13-17-5-4-11-32-16-17)10-8-21(18-6-3-7-19(24)14-18)33-12-9-26-23(30)31-2/h3,6-7,14,17,20-21H,4-5,8-13,15-16,25H2,1-2H3,(H,26,30)(H,27,29)/t17-,20+,21-/m1/s1. The van der Waals surface area contributed by atoms with Crippen molar-refractivity contribution in [3.63, 3.8) is 0 Å². The zero-order valence-corrected chi connectivity index (χ0v) is 20.3. The Kier molecular flexibility index (Phi) is 12.3. The Hall–Kier alpha value is -2.07. The van der Waals surface area contributed by atoms with Crippen molar-refractivity contribution in [2.45, 2.75) is 37.8 Å². The van der Waals surface area contributed by atoms with E-state index in [4.69, 9.17) is 26.8 Å². The van der Waals surface area contributed by atoms with Gasteiger partial charge in [-0.3, -0.25) is 0 Å². The van der Waals surface area contributed by atoms with Crippen LogP contribution in [-0.2, 0) is 14.2 Å². The van der Waals surface area contributed by atoms with E-state index in [1.165, 1.54) is 7.11 Å². The maximum atomic E-state index is 12.5. The largest absolute Gasteiger partial charge is 0.453 e. The number of nitrogens with zero attached hydrogens (tertiary/aromatic N) is 1. The number of hydrogen-bond acceptors (Lipinski definition) is 6. The molecule has 2 rings (SSSR count). The first-order chi connectivity index (χ1) is 15.9. The Morgan fingerprint density at radius 2 is 2.18 bits per heavy atom. The second-order valence-electron chi connectivity index (χ2n) is 8.31. The van der Waals surface area contributed by atoms with Crippen LogP contribution in [0, 0.1) is 5.92 Å². The molecule has 0 aromatic heterocycles. The molecular formula is C23H37ClN4O5. The lowest BCUT2D eigenvalue weighted by Crippen LogP contribution is -2.44. The number of ether oxygens (including phenoxy) is 3. The average molecular weight is 485 g/mol. The van der Waals surface area contributed by atoms with Gasteiger partial charge >= 0.3 is 12.1 Å². The number of nitrogens with one attached hydrogen (secondary N) is 2. The Morgan fingerprint density at radius 3 is 2.88 bits per heavy atom. The van der Waals surface area contributed by atoms with Gasteiger partial charge in [-0.05, 0) is 49.3 Å². The maximum Gasteiger partial charge on any atom is 0.406 e. The molecular weight excluding hydrogens is 448 g/mol. The van der Waals surface area contributed by atoms with E-state index < -0.39 is 6.09 Å². The zero-order valence-electron chi connectivity index (χ0n) is 19.6. The van der Waals surface area contributed by atoms with Crippen molar-refractivity contribution in [1.29, 1.82) is 0 Å². The van der Waals surface area contributed by atoms with Gasteiger partial charge in [-0.2, -0.15) is 0 Å². The summed E-state index contributed by atoms with van der Waals surface area (Å²) < 4.78 is 16.0. The van der Waals surface area contributed by atoms with Crippen LogP contribution < -0.4 is 16.4 Å². The Morgan fingerprint density at radius 1 is 1.36 bits per heavy atom. The molecule has 33 heavy (non-hydrogen) atoms. The van der Waals surface area contributed by atoms with Gasteiger partial charge in [-0.1, -0.05) is 23.7 Å². The lowest BCUT2D eigenvalue weighted by Gasteiger charge is -2.26. The highest BCUT2D eigenvalue weighted by Gasteiger charge is 2.19. The average Bonchev–Trinajstić information content (AvgIpc) is 2.82. The molecule has 3 amide bonds. The van der Waals surface area contributed by atoms with Crippen molar-refractivity contribution in [2.24, 2.45) is 11.7 Å². The van der Waals surface area contributed by atoms with E-state index in [1.54, 1.807) is 18.0 Å². The Balaban J connectivity index is 1.79. The normalized spacial score (nSPS) is 17.6. The van der Waals surface area contributed by atoms with Crippen LogP contribution in [0.5, 0.6) is 0 Å². The fourth-order valence-electron chi connectivity index (χ4n) is 3.75. The van der Waals surface area contributed by atoms with E-state index in [0.29, 0.717) is 43.6 Å². The van der Waals surface area contributed by atoms with Crippen LogP contribution in [0.4, 0.5) is 9.59 Å². The summed E-state index contributed by atoms with van der Waals surface area (Å²) in [7, 11) is 3.05. The number of nitrogens with two attached hydrogens (primary N) is 1. The van der Waals surface area contributed by atoms with Gasteiger partial charge < -0.3 is 35.5 Å². The van der Waals surface area contributed by atoms with E-state index in [9.17, 15) is 9.59 Å². The smallest absolute Gasteiger partial charge is 0.406 e. The second-order valence-corrected chi connectivity index (χ2v) is 8.74. The molecule has 1 heterocycles. The van der Waals surface area contributed by atoms with Crippen LogP contribution in [0.1, 0.15) is 37.4 Å². The number of carbonyl (C=O) groups excluding carboxylic acids is 2. The summed E-state index contributed by atoms with van der Waals surface area (Å²) >= 11 is 6.14. The molecule has 3 atom stereocenters. The molecule has 0 saturated carbocycles. The minimum atomic E-state index is -0.511. The molecule has 0 spiro atoms. The van der Waals surface area contributed by atoms with Crippen molar-refractivity contribution >= 4 is 23.7 Å². The molecule has 4 N–H and O–H groups in total. The third kappa shape index (κ3) is 10.6. The summed E-state index contributed by atoms with van der Waals surface area (Å²) in [6.07, 6.45) is 2.81. The molecule has 0 bridgehead atoms. The molecule has 1 aromatic carbocycles. The molecule has 0 aliphatic carbocycles. The topological polar surface area (TPSA) is 115 Å². The van der Waals surface area contributed by atoms with E-state index in [-0.39, 0.29) is 18.2 Å². The summed E-state index contributed by atoms with van der Waals surface area (Å²) in [6, 6.07) is 7.15. The first-order valence-corrected chi connectivity index (χ1v) is 11.8. The third-order valence-electron chi connectivity index (χ3n) is 5.58. The summed E-state index contributed by atoms with van der Waals surface area (Å²) in [4.78, 5) is 25.3. The molecule has 10 heteroatoms. The van der Waals surface area contributed by atoms with Crippen molar-refractivity contribution in [3.05, 3.63) is 34.9 Å². The van der Waals surface area contributed by atoms with Gasteiger partial charge in [0.1, 0.15) is 0 Å². The molecule has 1 aliphatic heterocycles. The fourth-order valence-corrected chi connectivity index (χ4v) is 3.95. The molecule has 1 aliphatic rings. The summed E-state index contributed by atoms with van der Waals surface area (Å²) in [5, 5.41) is 6.11. The van der Waals surface area contributed by atoms with E-state index in [0.717, 1.165) is 38.0 Å². The summed E-state index contributed by atoms with van der Waals surface area (Å²) in [5.41, 5.74) is 7.11. The Labute approximate surface area is 201 Å². The van der Waals surface area contributed by atoms with Crippen LogP contribution in [0.2, 0.25) is 5.02 Å². The molecule has 0 unspecified atom stereocenters. The summed E-state index contributed by atoms with van der Waals surface area (Å²) in [5.74, 6) is 0.465. The summed E-state index contributed by atoms with van der Waals surface area (Å²) in [6.45, 7) is 3.08. The van der Waals surface area contributed by atoms with Crippen molar-refractivity contribution in [1.82, 2.24) is 15.5 Å². The van der Waals surface area contributed by atoms with Crippen LogP contribution in [-0.4, -0.2) is 76.7 Å². The van der Waals surface area contributed by atoms with Crippen molar-refractivity contribution < 1.29 is 23.8 Å². The van der Waals surface area contributed by atoms with E-state index >= 15 is 0 Å². The van der Waals surface area contributed by atoms with Gasteiger partial charge in [0.2, 0.25) is 0 Å². The van der Waals surface area contributed by atoms with Gasteiger partial charge in [0.05, 0.1) is 19.8 Å². The molecule has 1 aromatic rings. The van der Waals surface area contributed by atoms with Crippen LogP contribution in [0.25, 0.3) is 0 Å². The molecule has 1 fully saturated rings. The number of carbonyl (C=O) groups is 2. The first-order valence-electron chi connectivity index (χ1n) is 11.4. The van der Waals surface area contributed by atoms with E-state index in [1.807, 2.05) is 18.2 Å². The van der Waals surface area contributed by atoms with Crippen molar-refractivity contribution in [2.75, 3.05) is 53.6 Å². The SMILES string of the molecule is COC(=O)NCCO[C@H](CCN(C)C(=O)NC[C@@H](N)C[C@H]1CCCOC1)c1cccc(Cl)c1. The highest BCUT2D eigenvalue weighted by Crippen LogP contribution is 2.24. The predicted octanol–water partition coefficient (Wildman–Crippen LogP) is 2.93. The Bertz CT molecular complexity index is 733. The minimum absolute atomic E-state index is 0.0982. The number of alkyl carbamates (subject to hydrolysis) is 1. The van der Waals surface area contributed by atoms with E-state index in [2.05, 4.69) is 15.4 Å². The van der Waals surface area contributed by atoms with Gasteiger partial charge in [0, 0.05) is 51.0 Å². The maximum absolute atomic E-state index is 12.5. The van der Waals surface area contributed by atoms with Gasteiger partial charge in [-0.15, -0.1) is 0 Å².